The molecular weight excluding hydrogens is 236 g/mol. The Kier molecular flexibility index (Phi) is 2.58. The van der Waals surface area contributed by atoms with Crippen LogP contribution >= 0.6 is 0 Å². The molecule has 4 saturated carbocycles. The van der Waals surface area contributed by atoms with Crippen LogP contribution in [0.1, 0.15) is 38.5 Å². The van der Waals surface area contributed by atoms with E-state index in [0.29, 0.717) is 6.54 Å². The fourth-order valence-electron chi connectivity index (χ4n) is 5.05. The summed E-state index contributed by atoms with van der Waals surface area (Å²) in [6, 6.07) is 0. The van der Waals surface area contributed by atoms with Crippen LogP contribution in [0.5, 0.6) is 0 Å². The minimum Gasteiger partial charge on any atom is -0.216 e. The van der Waals surface area contributed by atoms with Crippen molar-refractivity contribution < 1.29 is 8.42 Å². The fourth-order valence-corrected chi connectivity index (χ4v) is 5.50. The molecule has 0 aliphatic heterocycles. The Balaban J connectivity index is 1.78. The van der Waals surface area contributed by atoms with Gasteiger partial charge in [0.2, 0.25) is 0 Å². The summed E-state index contributed by atoms with van der Waals surface area (Å²) in [6.45, 7) is 0.634. The zero-order valence-corrected chi connectivity index (χ0v) is 11.2. The van der Waals surface area contributed by atoms with E-state index >= 15 is 0 Å². The average molecular weight is 258 g/mol. The molecule has 0 unspecified atom stereocenters. The summed E-state index contributed by atoms with van der Waals surface area (Å²) >= 11 is 0. The van der Waals surface area contributed by atoms with Crippen molar-refractivity contribution in [2.24, 2.45) is 28.3 Å². The van der Waals surface area contributed by atoms with Crippen molar-refractivity contribution >= 4 is 10.2 Å². The molecule has 2 N–H and O–H groups in total. The van der Waals surface area contributed by atoms with Crippen molar-refractivity contribution in [2.75, 3.05) is 13.6 Å². The minimum atomic E-state index is -3.51. The zero-order chi connectivity index (χ0) is 12.3. The topological polar surface area (TPSA) is 63.4 Å². The van der Waals surface area contributed by atoms with Gasteiger partial charge in [0.1, 0.15) is 0 Å². The lowest BCUT2D eigenvalue weighted by Gasteiger charge is -2.57. The molecule has 0 heterocycles. The first-order valence-electron chi connectivity index (χ1n) is 6.60. The number of hydrogen-bond acceptors (Lipinski definition) is 2. The summed E-state index contributed by atoms with van der Waals surface area (Å²) < 4.78 is 24.1. The molecule has 17 heavy (non-hydrogen) atoms. The number of nitrogens with two attached hydrogens (primary N) is 1. The van der Waals surface area contributed by atoms with Crippen molar-refractivity contribution in [3.63, 3.8) is 0 Å². The SMILES string of the molecule is CN(CC12CC3CC(CC(C3)C1)C2)S(N)(=O)=O. The van der Waals surface area contributed by atoms with E-state index in [2.05, 4.69) is 0 Å². The summed E-state index contributed by atoms with van der Waals surface area (Å²) in [4.78, 5) is 0. The molecule has 0 spiro atoms. The quantitative estimate of drug-likeness (QED) is 0.830. The average Bonchev–Trinajstić information content (AvgIpc) is 2.12. The second kappa shape index (κ2) is 3.68. The number of nitrogens with zero attached hydrogens (tertiary/aromatic N) is 1. The van der Waals surface area contributed by atoms with Crippen molar-refractivity contribution in [1.82, 2.24) is 4.31 Å². The molecule has 0 aromatic heterocycles. The van der Waals surface area contributed by atoms with E-state index in [1.165, 1.54) is 42.8 Å². The van der Waals surface area contributed by atoms with Gasteiger partial charge in [0.15, 0.2) is 0 Å². The van der Waals surface area contributed by atoms with Gasteiger partial charge in [0, 0.05) is 13.6 Å². The van der Waals surface area contributed by atoms with Gasteiger partial charge in [-0.2, -0.15) is 12.7 Å². The third-order valence-corrected chi connectivity index (χ3v) is 6.16. The van der Waals surface area contributed by atoms with Gasteiger partial charge in [-0.3, -0.25) is 0 Å². The molecular formula is C12H22N2O2S. The highest BCUT2D eigenvalue weighted by molar-refractivity contribution is 7.86. The highest BCUT2D eigenvalue weighted by atomic mass is 32.2. The molecule has 0 radical (unpaired) electrons. The molecule has 4 nitrogen and oxygen atoms in total. The van der Waals surface area contributed by atoms with E-state index in [-0.39, 0.29) is 5.41 Å². The van der Waals surface area contributed by atoms with Crippen LogP contribution in [0.4, 0.5) is 0 Å². The van der Waals surface area contributed by atoms with Gasteiger partial charge in [-0.05, 0) is 61.7 Å². The second-order valence-electron chi connectivity index (χ2n) is 6.72. The van der Waals surface area contributed by atoms with Crippen LogP contribution in [-0.4, -0.2) is 26.3 Å². The Bertz CT molecular complexity index is 383. The van der Waals surface area contributed by atoms with Crippen LogP contribution in [-0.2, 0) is 10.2 Å². The van der Waals surface area contributed by atoms with E-state index in [4.69, 9.17) is 5.14 Å². The summed E-state index contributed by atoms with van der Waals surface area (Å²) in [5.41, 5.74) is 0.246. The summed E-state index contributed by atoms with van der Waals surface area (Å²) in [5, 5.41) is 5.21. The van der Waals surface area contributed by atoms with E-state index in [1.807, 2.05) is 0 Å². The van der Waals surface area contributed by atoms with Crippen LogP contribution in [0.3, 0.4) is 0 Å². The summed E-state index contributed by atoms with van der Waals surface area (Å²) in [6.07, 6.45) is 7.82. The molecule has 4 aliphatic carbocycles. The van der Waals surface area contributed by atoms with Crippen molar-refractivity contribution in [2.45, 2.75) is 38.5 Å². The Morgan fingerprint density at radius 1 is 1.12 bits per heavy atom. The summed E-state index contributed by atoms with van der Waals surface area (Å²) in [7, 11) is -1.89. The normalized spacial score (nSPS) is 44.5. The fraction of sp³-hybridized carbons (Fsp3) is 1.00. The van der Waals surface area contributed by atoms with Gasteiger partial charge in [-0.1, -0.05) is 0 Å². The van der Waals surface area contributed by atoms with Crippen LogP contribution in [0.15, 0.2) is 0 Å². The molecule has 0 saturated heterocycles. The van der Waals surface area contributed by atoms with E-state index < -0.39 is 10.2 Å². The Morgan fingerprint density at radius 2 is 1.53 bits per heavy atom. The molecule has 0 amide bonds. The highest BCUT2D eigenvalue weighted by Gasteiger charge is 2.51. The van der Waals surface area contributed by atoms with Gasteiger partial charge in [0.05, 0.1) is 0 Å². The lowest BCUT2D eigenvalue weighted by Crippen LogP contribution is -2.52. The maximum absolute atomic E-state index is 11.4. The van der Waals surface area contributed by atoms with Gasteiger partial charge >= 0.3 is 0 Å². The predicted octanol–water partition coefficient (Wildman–Crippen LogP) is 1.34. The molecule has 98 valence electrons. The molecule has 4 bridgehead atoms. The van der Waals surface area contributed by atoms with Crippen LogP contribution in [0, 0.1) is 23.2 Å². The van der Waals surface area contributed by atoms with Crippen LogP contribution in [0.25, 0.3) is 0 Å². The maximum Gasteiger partial charge on any atom is 0.276 e. The second-order valence-corrected chi connectivity index (χ2v) is 8.37. The van der Waals surface area contributed by atoms with E-state index in [1.54, 1.807) is 7.05 Å². The maximum atomic E-state index is 11.4. The van der Waals surface area contributed by atoms with Gasteiger partial charge in [-0.15, -0.1) is 0 Å². The number of rotatable bonds is 3. The van der Waals surface area contributed by atoms with Crippen molar-refractivity contribution in [3.8, 4) is 0 Å². The molecule has 4 rings (SSSR count). The van der Waals surface area contributed by atoms with E-state index in [9.17, 15) is 8.42 Å². The van der Waals surface area contributed by atoms with Crippen molar-refractivity contribution in [1.29, 1.82) is 0 Å². The van der Waals surface area contributed by atoms with Crippen LogP contribution < -0.4 is 5.14 Å². The summed E-state index contributed by atoms with van der Waals surface area (Å²) in [5.74, 6) is 2.57. The number of hydrogen-bond donors (Lipinski definition) is 1. The van der Waals surface area contributed by atoms with Gasteiger partial charge in [0.25, 0.3) is 10.2 Å². The van der Waals surface area contributed by atoms with Gasteiger partial charge in [-0.25, -0.2) is 5.14 Å². The van der Waals surface area contributed by atoms with E-state index in [0.717, 1.165) is 17.8 Å². The zero-order valence-electron chi connectivity index (χ0n) is 10.4. The van der Waals surface area contributed by atoms with Crippen molar-refractivity contribution in [3.05, 3.63) is 0 Å². The molecule has 0 aromatic carbocycles. The molecule has 0 aromatic rings. The smallest absolute Gasteiger partial charge is 0.216 e. The lowest BCUT2D eigenvalue weighted by molar-refractivity contribution is -0.0583. The molecule has 4 aliphatic rings. The van der Waals surface area contributed by atoms with Crippen LogP contribution in [0.2, 0.25) is 0 Å². The Morgan fingerprint density at radius 3 is 1.88 bits per heavy atom. The Hall–Kier alpha value is -0.130. The largest absolute Gasteiger partial charge is 0.276 e. The third-order valence-electron chi connectivity index (χ3n) is 5.16. The first kappa shape index (κ1) is 11.9. The monoisotopic (exact) mass is 258 g/mol. The predicted molar refractivity (Wildman–Crippen MR) is 66.3 cm³/mol. The lowest BCUT2D eigenvalue weighted by atomic mass is 9.49. The molecule has 5 heteroatoms. The minimum absolute atomic E-state index is 0.246. The first-order valence-corrected chi connectivity index (χ1v) is 8.11. The molecule has 0 atom stereocenters. The standard InChI is InChI=1S/C12H22N2O2S/c1-14(17(13,15)16)8-12-5-9-2-10(6-12)4-11(3-9)7-12/h9-11H,2-8H2,1H3,(H2,13,15,16). The Labute approximate surface area is 104 Å². The third kappa shape index (κ3) is 2.13. The first-order chi connectivity index (χ1) is 7.86. The molecule has 4 fully saturated rings. The highest BCUT2D eigenvalue weighted by Crippen LogP contribution is 2.60. The van der Waals surface area contributed by atoms with Gasteiger partial charge < -0.3 is 0 Å².